The van der Waals surface area contributed by atoms with Crippen LogP contribution in [0.15, 0.2) is 181 Å². The molecule has 0 radical (unpaired) electrons. The zero-order valence-electron chi connectivity index (χ0n) is 32.5. The van der Waals surface area contributed by atoms with Crippen LogP contribution in [0.25, 0.3) is 34.6 Å². The van der Waals surface area contributed by atoms with E-state index in [0.29, 0.717) is 23.7 Å². The lowest BCUT2D eigenvalue weighted by atomic mass is 9.62. The molecular formula is C54H51N3. The van der Waals surface area contributed by atoms with Gasteiger partial charge in [0.05, 0.1) is 12.2 Å². The predicted octanol–water partition coefficient (Wildman–Crippen LogP) is 9.89. The summed E-state index contributed by atoms with van der Waals surface area (Å²) in [6, 6.07) is 31.1. The highest BCUT2D eigenvalue weighted by molar-refractivity contribution is 5.84. The fraction of sp³-hybridized carbons (Fsp3) is 0.222. The molecule has 0 saturated heterocycles. The van der Waals surface area contributed by atoms with E-state index in [1.807, 2.05) is 0 Å². The first-order chi connectivity index (χ1) is 28.1. The van der Waals surface area contributed by atoms with E-state index in [1.54, 1.807) is 0 Å². The Bertz CT molecular complexity index is 2620. The zero-order valence-corrected chi connectivity index (χ0v) is 32.5. The van der Waals surface area contributed by atoms with E-state index in [9.17, 15) is 0 Å². The molecule has 282 valence electrons. The minimum absolute atomic E-state index is 0.0260. The third kappa shape index (κ3) is 7.23. The molecular weight excluding hydrogens is 691 g/mol. The van der Waals surface area contributed by atoms with Crippen LogP contribution in [0, 0.1) is 29.6 Å². The van der Waals surface area contributed by atoms with Gasteiger partial charge in [0.1, 0.15) is 0 Å². The molecule has 0 amide bonds. The highest BCUT2D eigenvalue weighted by Gasteiger charge is 2.39. The van der Waals surface area contributed by atoms with Crippen LogP contribution in [0.4, 0.5) is 0 Å². The largest absolute Gasteiger partial charge is 0.356 e. The van der Waals surface area contributed by atoms with Crippen molar-refractivity contribution in [2.45, 2.75) is 44.3 Å². The van der Waals surface area contributed by atoms with E-state index in [1.165, 1.54) is 60.3 Å². The van der Waals surface area contributed by atoms with Crippen molar-refractivity contribution in [3.8, 4) is 0 Å². The number of nitrogens with two attached hydrogens (primary N) is 1. The highest BCUT2D eigenvalue weighted by atomic mass is 15.1. The van der Waals surface area contributed by atoms with Gasteiger partial charge in [-0.15, -0.1) is 0 Å². The quantitative estimate of drug-likeness (QED) is 0.150. The Morgan fingerprint density at radius 3 is 2.54 bits per heavy atom. The van der Waals surface area contributed by atoms with E-state index in [0.717, 1.165) is 37.8 Å². The van der Waals surface area contributed by atoms with Crippen LogP contribution in [0.5, 0.6) is 0 Å². The second-order valence-electron chi connectivity index (χ2n) is 16.5. The number of aryl methyl sites for hydroxylation is 1. The fourth-order valence-electron chi connectivity index (χ4n) is 10.0. The third-order valence-corrected chi connectivity index (χ3v) is 13.0. The lowest BCUT2D eigenvalue weighted by Gasteiger charge is -2.42. The Kier molecular flexibility index (Phi) is 9.79. The molecule has 0 heterocycles. The van der Waals surface area contributed by atoms with Gasteiger partial charge in [0.25, 0.3) is 0 Å². The smallest absolute Gasteiger partial charge is 0.0621 e. The summed E-state index contributed by atoms with van der Waals surface area (Å²) in [5, 5.41) is 13.0. The van der Waals surface area contributed by atoms with Crippen LogP contribution < -0.4 is 26.8 Å². The fourth-order valence-corrected chi connectivity index (χ4v) is 10.0. The Morgan fingerprint density at radius 1 is 0.754 bits per heavy atom. The second kappa shape index (κ2) is 15.7. The Morgan fingerprint density at radius 2 is 1.61 bits per heavy atom. The number of hydrogen-bond acceptors (Lipinski definition) is 3. The summed E-state index contributed by atoms with van der Waals surface area (Å²) in [6.07, 6.45) is 42.3. The average Bonchev–Trinajstić information content (AvgIpc) is 3.27. The predicted molar refractivity (Wildman–Crippen MR) is 239 cm³/mol. The molecule has 10 rings (SSSR count). The molecule has 0 spiro atoms. The standard InChI is InChI=1S/C54H51N3/c55-54(57-51(44-25-24-38-12-2-4-15-42(38)34-44)32-22-36-21-23-37-11-1-3-14-41(37)33-36)40-26-29-45(30-27-40)56-52-20-10-9-19-48(52)50-35-43-16-6-7-17-46(43)49-31-28-39-13-5-8-18-47(39)53(49)50/h1-3,5-8,10-14,16-18,20-26,28-35,39-40,47,50-51,53-54,56-57H,4,9,15,19,27,55H2/b32-22+. The van der Waals surface area contributed by atoms with Crippen LogP contribution in [0.3, 0.4) is 0 Å². The maximum atomic E-state index is 7.07. The van der Waals surface area contributed by atoms with Crippen LogP contribution in [-0.4, -0.2) is 6.17 Å². The first kappa shape index (κ1) is 35.7. The molecule has 6 aliphatic rings. The van der Waals surface area contributed by atoms with Crippen molar-refractivity contribution in [3.05, 3.63) is 214 Å². The van der Waals surface area contributed by atoms with Crippen LogP contribution >= 0.6 is 0 Å². The maximum absolute atomic E-state index is 7.07. The second-order valence-corrected chi connectivity index (χ2v) is 16.5. The van der Waals surface area contributed by atoms with E-state index >= 15 is 0 Å². The maximum Gasteiger partial charge on any atom is 0.0621 e. The lowest BCUT2D eigenvalue weighted by molar-refractivity contribution is 0.366. The molecule has 0 bridgehead atoms. The number of benzene rings is 4. The van der Waals surface area contributed by atoms with Gasteiger partial charge in [-0.1, -0.05) is 164 Å². The van der Waals surface area contributed by atoms with Crippen molar-refractivity contribution in [2.24, 2.45) is 35.3 Å². The minimum atomic E-state index is -0.221. The number of fused-ring (bicyclic) bond motifs is 6. The number of nitrogens with one attached hydrogen (secondary N) is 2. The molecule has 57 heavy (non-hydrogen) atoms. The molecule has 0 fully saturated rings. The van der Waals surface area contributed by atoms with E-state index in [-0.39, 0.29) is 18.1 Å². The molecule has 4 N–H and O–H groups in total. The first-order valence-electron chi connectivity index (χ1n) is 21.0. The van der Waals surface area contributed by atoms with Crippen LogP contribution in [0.2, 0.25) is 0 Å². The molecule has 7 atom stereocenters. The normalized spacial score (nSPS) is 25.4. The van der Waals surface area contributed by atoms with E-state index in [2.05, 4.69) is 193 Å². The van der Waals surface area contributed by atoms with E-state index < -0.39 is 0 Å². The highest BCUT2D eigenvalue weighted by Crippen LogP contribution is 2.47. The number of hydrogen-bond donors (Lipinski definition) is 3. The van der Waals surface area contributed by atoms with Crippen molar-refractivity contribution in [1.29, 1.82) is 0 Å². The summed E-state index contributed by atoms with van der Waals surface area (Å²) in [6.45, 7) is 0. The van der Waals surface area contributed by atoms with Crippen molar-refractivity contribution in [2.75, 3.05) is 0 Å². The van der Waals surface area contributed by atoms with Crippen LogP contribution in [-0.2, 0) is 6.42 Å². The summed E-state index contributed by atoms with van der Waals surface area (Å²) in [5.41, 5.74) is 17.6. The van der Waals surface area contributed by atoms with Gasteiger partial charge in [0.2, 0.25) is 0 Å². The molecule has 3 heteroatoms. The Labute approximate surface area is 337 Å². The molecule has 6 aliphatic carbocycles. The van der Waals surface area contributed by atoms with Crippen molar-refractivity contribution in [3.63, 3.8) is 0 Å². The monoisotopic (exact) mass is 741 g/mol. The minimum Gasteiger partial charge on any atom is -0.356 e. The van der Waals surface area contributed by atoms with Gasteiger partial charge >= 0.3 is 0 Å². The van der Waals surface area contributed by atoms with Gasteiger partial charge in [-0.3, -0.25) is 5.32 Å². The molecule has 7 unspecified atom stereocenters. The molecule has 0 saturated carbocycles. The van der Waals surface area contributed by atoms with Gasteiger partial charge in [-0.05, 0) is 111 Å². The first-order valence-corrected chi connectivity index (χ1v) is 21.0. The summed E-state index contributed by atoms with van der Waals surface area (Å²) < 4.78 is 0. The SMILES string of the molecule is NC(NC(/C=C/c1ccc2ccccc2c1)c1ccc2c(c1)CCC=C2)C1C=CC(NC2=C(C3C=c4ccccc4=C4C=CC5C=CC=CC5C43)CCC=C2)=CC1. The molecule has 3 nitrogen and oxygen atoms in total. The lowest BCUT2D eigenvalue weighted by Crippen LogP contribution is -2.45. The number of rotatable bonds is 9. The molecule has 0 aromatic heterocycles. The van der Waals surface area contributed by atoms with Crippen molar-refractivity contribution < 1.29 is 0 Å². The Hall–Kier alpha value is -5.74. The summed E-state index contributed by atoms with van der Waals surface area (Å²) in [5.74, 6) is 1.80. The molecule has 4 aromatic carbocycles. The summed E-state index contributed by atoms with van der Waals surface area (Å²) in [7, 11) is 0. The van der Waals surface area contributed by atoms with Crippen molar-refractivity contribution >= 4 is 34.6 Å². The average molecular weight is 742 g/mol. The molecule has 0 aliphatic heterocycles. The number of allylic oxidation sites excluding steroid dienone is 12. The van der Waals surface area contributed by atoms with Gasteiger partial charge in [-0.25, -0.2) is 0 Å². The zero-order chi connectivity index (χ0) is 38.1. The van der Waals surface area contributed by atoms with Gasteiger partial charge < -0.3 is 11.1 Å². The molecule has 4 aromatic rings. The Balaban J connectivity index is 0.889. The van der Waals surface area contributed by atoms with Crippen molar-refractivity contribution in [1.82, 2.24) is 10.6 Å². The van der Waals surface area contributed by atoms with Crippen LogP contribution in [0.1, 0.15) is 54.0 Å². The van der Waals surface area contributed by atoms with E-state index in [4.69, 9.17) is 5.73 Å². The van der Waals surface area contributed by atoms with Gasteiger partial charge in [0.15, 0.2) is 0 Å². The van der Waals surface area contributed by atoms with Gasteiger partial charge in [-0.2, -0.15) is 0 Å². The topological polar surface area (TPSA) is 50.1 Å². The third-order valence-electron chi connectivity index (χ3n) is 13.0. The van der Waals surface area contributed by atoms with Gasteiger partial charge in [0, 0.05) is 35.1 Å². The summed E-state index contributed by atoms with van der Waals surface area (Å²) >= 11 is 0. The summed E-state index contributed by atoms with van der Waals surface area (Å²) in [4.78, 5) is 0.